The highest BCUT2D eigenvalue weighted by atomic mass is 16.2. The van der Waals surface area contributed by atoms with E-state index < -0.39 is 0 Å². The average molecular weight is 252 g/mol. The van der Waals surface area contributed by atoms with Gasteiger partial charge in [0, 0.05) is 18.0 Å². The van der Waals surface area contributed by atoms with E-state index >= 15 is 0 Å². The van der Waals surface area contributed by atoms with E-state index in [1.54, 1.807) is 4.90 Å². The molecule has 0 atom stereocenters. The maximum absolute atomic E-state index is 12.3. The third-order valence-electron chi connectivity index (χ3n) is 2.74. The zero-order chi connectivity index (χ0) is 13.9. The number of carbonyl (C=O) groups is 1. The van der Waals surface area contributed by atoms with Gasteiger partial charge in [-0.25, -0.2) is 4.98 Å². The lowest BCUT2D eigenvalue weighted by Gasteiger charge is -2.24. The average Bonchev–Trinajstić information content (AvgIpc) is 2.73. The Balaban J connectivity index is 2.92. The number of carbonyl (C=O) groups excluding carboxylic acids is 1. The van der Waals surface area contributed by atoms with Gasteiger partial charge in [0.15, 0.2) is 0 Å². The first-order valence-corrected chi connectivity index (χ1v) is 6.51. The fourth-order valence-electron chi connectivity index (χ4n) is 1.66. The van der Waals surface area contributed by atoms with Crippen LogP contribution in [0, 0.1) is 0 Å². The SMILES string of the molecule is CCCN(C(=O)c1n[nH]c(C(C)(C)C)n1)C(C)C. The van der Waals surface area contributed by atoms with Crippen molar-refractivity contribution in [3.63, 3.8) is 0 Å². The van der Waals surface area contributed by atoms with Crippen LogP contribution < -0.4 is 0 Å². The molecule has 1 aromatic rings. The Hall–Kier alpha value is -1.39. The summed E-state index contributed by atoms with van der Waals surface area (Å²) >= 11 is 0. The topological polar surface area (TPSA) is 61.9 Å². The first kappa shape index (κ1) is 14.7. The van der Waals surface area contributed by atoms with Gasteiger partial charge in [0.1, 0.15) is 5.82 Å². The normalized spacial score (nSPS) is 11.9. The van der Waals surface area contributed by atoms with Crippen molar-refractivity contribution in [2.75, 3.05) is 6.54 Å². The van der Waals surface area contributed by atoms with Gasteiger partial charge < -0.3 is 4.90 Å². The lowest BCUT2D eigenvalue weighted by Crippen LogP contribution is -2.38. The molecule has 5 heteroatoms. The highest BCUT2D eigenvalue weighted by Gasteiger charge is 2.25. The summed E-state index contributed by atoms with van der Waals surface area (Å²) in [6.07, 6.45) is 0.931. The van der Waals surface area contributed by atoms with Crippen LogP contribution in [0.4, 0.5) is 0 Å². The minimum absolute atomic E-state index is 0.0985. The monoisotopic (exact) mass is 252 g/mol. The van der Waals surface area contributed by atoms with Crippen LogP contribution in [0.15, 0.2) is 0 Å². The van der Waals surface area contributed by atoms with E-state index in [0.29, 0.717) is 0 Å². The molecule has 0 radical (unpaired) electrons. The predicted octanol–water partition coefficient (Wildman–Crippen LogP) is 2.36. The predicted molar refractivity (Wildman–Crippen MR) is 71.5 cm³/mol. The van der Waals surface area contributed by atoms with Crippen molar-refractivity contribution < 1.29 is 4.79 Å². The van der Waals surface area contributed by atoms with E-state index in [4.69, 9.17) is 0 Å². The number of nitrogens with one attached hydrogen (secondary N) is 1. The molecule has 0 aliphatic rings. The molecule has 0 saturated heterocycles. The number of rotatable bonds is 4. The fraction of sp³-hybridized carbons (Fsp3) is 0.769. The molecule has 18 heavy (non-hydrogen) atoms. The zero-order valence-corrected chi connectivity index (χ0v) is 12.2. The standard InChI is InChI=1S/C13H24N4O/c1-7-8-17(9(2)3)11(18)10-14-12(16-15-10)13(4,5)6/h9H,7-8H2,1-6H3,(H,14,15,16). The fourth-order valence-corrected chi connectivity index (χ4v) is 1.66. The van der Waals surface area contributed by atoms with Gasteiger partial charge >= 0.3 is 0 Å². The molecule has 0 spiro atoms. The molecule has 1 N–H and O–H groups in total. The maximum Gasteiger partial charge on any atom is 0.293 e. The molecule has 5 nitrogen and oxygen atoms in total. The Bertz CT molecular complexity index is 403. The summed E-state index contributed by atoms with van der Waals surface area (Å²) in [5.41, 5.74) is -0.126. The first-order chi connectivity index (χ1) is 8.27. The molecule has 0 unspecified atom stereocenters. The molecule has 1 amide bonds. The Morgan fingerprint density at radius 3 is 2.39 bits per heavy atom. The highest BCUT2D eigenvalue weighted by Crippen LogP contribution is 2.18. The zero-order valence-electron chi connectivity index (χ0n) is 12.2. The summed E-state index contributed by atoms with van der Waals surface area (Å²) in [4.78, 5) is 18.4. The lowest BCUT2D eigenvalue weighted by atomic mass is 9.96. The summed E-state index contributed by atoms with van der Waals surface area (Å²) < 4.78 is 0. The van der Waals surface area contributed by atoms with Gasteiger partial charge in [0.25, 0.3) is 5.91 Å². The molecule has 0 saturated carbocycles. The number of aromatic amines is 1. The summed E-state index contributed by atoms with van der Waals surface area (Å²) in [5.74, 6) is 0.909. The van der Waals surface area contributed by atoms with Crippen molar-refractivity contribution in [1.29, 1.82) is 0 Å². The molecular formula is C13H24N4O. The number of hydrogen-bond acceptors (Lipinski definition) is 3. The quantitative estimate of drug-likeness (QED) is 0.894. The molecule has 102 valence electrons. The van der Waals surface area contributed by atoms with Crippen LogP contribution in [0.3, 0.4) is 0 Å². The number of H-pyrrole nitrogens is 1. The summed E-state index contributed by atoms with van der Waals surface area (Å²) in [6.45, 7) is 12.9. The van der Waals surface area contributed by atoms with Gasteiger partial charge in [-0.05, 0) is 20.3 Å². The maximum atomic E-state index is 12.3. The van der Waals surface area contributed by atoms with Crippen molar-refractivity contribution in [2.45, 2.75) is 59.4 Å². The minimum atomic E-state index is -0.126. The van der Waals surface area contributed by atoms with Gasteiger partial charge in [0.2, 0.25) is 5.82 Å². The van der Waals surface area contributed by atoms with E-state index in [9.17, 15) is 4.79 Å². The van der Waals surface area contributed by atoms with Gasteiger partial charge in [-0.15, -0.1) is 5.10 Å². The second-order valence-electron chi connectivity index (χ2n) is 5.85. The van der Waals surface area contributed by atoms with Crippen LogP contribution in [-0.2, 0) is 5.41 Å². The molecule has 0 aliphatic heterocycles. The van der Waals surface area contributed by atoms with Crippen molar-refractivity contribution in [3.8, 4) is 0 Å². The van der Waals surface area contributed by atoms with Crippen molar-refractivity contribution in [3.05, 3.63) is 11.6 Å². The Morgan fingerprint density at radius 2 is 2.00 bits per heavy atom. The molecule has 0 aromatic carbocycles. The minimum Gasteiger partial charge on any atom is -0.333 e. The Morgan fingerprint density at radius 1 is 1.39 bits per heavy atom. The van der Waals surface area contributed by atoms with Gasteiger partial charge in [-0.3, -0.25) is 9.89 Å². The largest absolute Gasteiger partial charge is 0.333 e. The summed E-state index contributed by atoms with van der Waals surface area (Å²) in [5, 5.41) is 6.89. The van der Waals surface area contributed by atoms with Crippen LogP contribution in [0.25, 0.3) is 0 Å². The molecular weight excluding hydrogens is 228 g/mol. The van der Waals surface area contributed by atoms with Crippen LogP contribution in [0.5, 0.6) is 0 Å². The Labute approximate surface area is 109 Å². The third kappa shape index (κ3) is 3.31. The second kappa shape index (κ2) is 5.50. The van der Waals surface area contributed by atoms with E-state index in [2.05, 4.69) is 22.1 Å². The molecule has 1 heterocycles. The number of amides is 1. The number of nitrogens with zero attached hydrogens (tertiary/aromatic N) is 3. The first-order valence-electron chi connectivity index (χ1n) is 6.51. The smallest absolute Gasteiger partial charge is 0.293 e. The Kier molecular flexibility index (Phi) is 4.48. The van der Waals surface area contributed by atoms with Gasteiger partial charge in [0.05, 0.1) is 0 Å². The third-order valence-corrected chi connectivity index (χ3v) is 2.74. The van der Waals surface area contributed by atoms with Gasteiger partial charge in [-0.1, -0.05) is 27.7 Å². The number of hydrogen-bond donors (Lipinski definition) is 1. The van der Waals surface area contributed by atoms with Crippen LogP contribution in [0.1, 0.15) is 64.4 Å². The molecule has 0 aliphatic carbocycles. The summed E-state index contributed by atoms with van der Waals surface area (Å²) in [7, 11) is 0. The molecule has 0 fully saturated rings. The lowest BCUT2D eigenvalue weighted by molar-refractivity contribution is 0.0693. The van der Waals surface area contributed by atoms with Crippen molar-refractivity contribution in [1.82, 2.24) is 20.1 Å². The van der Waals surface area contributed by atoms with E-state index in [0.717, 1.165) is 18.8 Å². The van der Waals surface area contributed by atoms with E-state index in [-0.39, 0.29) is 23.2 Å². The van der Waals surface area contributed by atoms with Crippen LogP contribution in [0.2, 0.25) is 0 Å². The second-order valence-corrected chi connectivity index (χ2v) is 5.85. The van der Waals surface area contributed by atoms with Crippen LogP contribution >= 0.6 is 0 Å². The van der Waals surface area contributed by atoms with Gasteiger partial charge in [-0.2, -0.15) is 0 Å². The number of aromatic nitrogens is 3. The van der Waals surface area contributed by atoms with Crippen molar-refractivity contribution in [2.24, 2.45) is 0 Å². The van der Waals surface area contributed by atoms with Crippen molar-refractivity contribution >= 4 is 5.91 Å². The summed E-state index contributed by atoms with van der Waals surface area (Å²) in [6, 6.07) is 0.161. The highest BCUT2D eigenvalue weighted by molar-refractivity contribution is 5.90. The molecule has 0 bridgehead atoms. The molecule has 1 rings (SSSR count). The van der Waals surface area contributed by atoms with Crippen LogP contribution in [-0.4, -0.2) is 38.6 Å². The van der Waals surface area contributed by atoms with E-state index in [1.807, 2.05) is 34.6 Å². The molecule has 1 aromatic heterocycles. The van der Waals surface area contributed by atoms with E-state index in [1.165, 1.54) is 0 Å².